The molecule has 2 rings (SSSR count). The van der Waals surface area contributed by atoms with E-state index in [4.69, 9.17) is 11.6 Å². The van der Waals surface area contributed by atoms with Gasteiger partial charge in [-0.25, -0.2) is 13.1 Å². The zero-order chi connectivity index (χ0) is 13.9. The van der Waals surface area contributed by atoms with Crippen LogP contribution in [0.4, 0.5) is 0 Å². The molecule has 1 unspecified atom stereocenters. The first kappa shape index (κ1) is 15.3. The summed E-state index contributed by atoms with van der Waals surface area (Å²) in [6.07, 6.45) is 1.97. The van der Waals surface area contributed by atoms with Crippen molar-refractivity contribution in [3.63, 3.8) is 0 Å². The van der Waals surface area contributed by atoms with Gasteiger partial charge in [0.05, 0.1) is 9.92 Å². The summed E-state index contributed by atoms with van der Waals surface area (Å²) in [5.41, 5.74) is 0. The van der Waals surface area contributed by atoms with Gasteiger partial charge < -0.3 is 5.32 Å². The van der Waals surface area contributed by atoms with Crippen LogP contribution in [0.25, 0.3) is 0 Å². The van der Waals surface area contributed by atoms with E-state index in [0.29, 0.717) is 22.0 Å². The van der Waals surface area contributed by atoms with E-state index in [9.17, 15) is 8.42 Å². The fourth-order valence-corrected chi connectivity index (χ4v) is 3.65. The van der Waals surface area contributed by atoms with E-state index in [1.807, 2.05) is 0 Å². The molecule has 1 heterocycles. The fourth-order valence-electron chi connectivity index (χ4n) is 2.09. The van der Waals surface area contributed by atoms with Crippen LogP contribution < -0.4 is 10.0 Å². The van der Waals surface area contributed by atoms with Crippen molar-refractivity contribution >= 4 is 37.6 Å². The van der Waals surface area contributed by atoms with E-state index < -0.39 is 10.0 Å². The molecule has 1 aromatic carbocycles. The van der Waals surface area contributed by atoms with E-state index >= 15 is 0 Å². The minimum Gasteiger partial charge on any atom is -0.316 e. The molecule has 0 spiro atoms. The fraction of sp³-hybridized carbons (Fsp3) is 0.500. The minimum atomic E-state index is -3.47. The van der Waals surface area contributed by atoms with Crippen LogP contribution in [-0.4, -0.2) is 28.1 Å². The van der Waals surface area contributed by atoms with Crippen LogP contribution in [0.15, 0.2) is 27.6 Å². The molecule has 0 aliphatic carbocycles. The average molecular weight is 368 g/mol. The highest BCUT2D eigenvalue weighted by molar-refractivity contribution is 9.10. The molecule has 1 fully saturated rings. The lowest BCUT2D eigenvalue weighted by atomic mass is 10.1. The number of hydrogen-bond acceptors (Lipinski definition) is 3. The van der Waals surface area contributed by atoms with Gasteiger partial charge in [-0.05, 0) is 66.0 Å². The van der Waals surface area contributed by atoms with Crippen LogP contribution in [0, 0.1) is 5.92 Å². The lowest BCUT2D eigenvalue weighted by Gasteiger charge is -2.10. The van der Waals surface area contributed by atoms with Crippen molar-refractivity contribution in [1.29, 1.82) is 0 Å². The Bertz CT molecular complexity index is 545. The predicted octanol–water partition coefficient (Wildman–Crippen LogP) is 2.38. The standard InChI is InChI=1S/C12H16BrClN2O2S/c13-11-2-1-10(7-12(11)14)19(17,18)16-6-4-9-3-5-15-8-9/h1-2,7,9,15-16H,3-6,8H2. The highest BCUT2D eigenvalue weighted by Crippen LogP contribution is 2.25. The molecule has 1 atom stereocenters. The number of sulfonamides is 1. The predicted molar refractivity (Wildman–Crippen MR) is 79.9 cm³/mol. The van der Waals surface area contributed by atoms with Gasteiger partial charge in [-0.2, -0.15) is 0 Å². The topological polar surface area (TPSA) is 58.2 Å². The van der Waals surface area contributed by atoms with Crippen LogP contribution in [0.3, 0.4) is 0 Å². The largest absolute Gasteiger partial charge is 0.316 e. The molecular weight excluding hydrogens is 352 g/mol. The second kappa shape index (κ2) is 6.54. The summed E-state index contributed by atoms with van der Waals surface area (Å²) in [6.45, 7) is 2.47. The van der Waals surface area contributed by atoms with E-state index in [1.165, 1.54) is 12.1 Å². The zero-order valence-corrected chi connectivity index (χ0v) is 13.5. The van der Waals surface area contributed by atoms with Crippen LogP contribution >= 0.6 is 27.5 Å². The van der Waals surface area contributed by atoms with Crippen LogP contribution in [0.1, 0.15) is 12.8 Å². The summed E-state index contributed by atoms with van der Waals surface area (Å²) in [5.74, 6) is 0.566. The lowest BCUT2D eigenvalue weighted by Crippen LogP contribution is -2.26. The summed E-state index contributed by atoms with van der Waals surface area (Å²) in [4.78, 5) is 0.199. The van der Waals surface area contributed by atoms with Crippen LogP contribution in [-0.2, 0) is 10.0 Å². The minimum absolute atomic E-state index is 0.199. The molecule has 1 aliphatic heterocycles. The maximum Gasteiger partial charge on any atom is 0.240 e. The summed E-state index contributed by atoms with van der Waals surface area (Å²) in [7, 11) is -3.47. The monoisotopic (exact) mass is 366 g/mol. The van der Waals surface area contributed by atoms with E-state index in [1.54, 1.807) is 6.07 Å². The van der Waals surface area contributed by atoms with Gasteiger partial charge in [-0.15, -0.1) is 0 Å². The Morgan fingerprint density at radius 3 is 2.89 bits per heavy atom. The summed E-state index contributed by atoms with van der Waals surface area (Å²) < 4.78 is 27.4. The maximum absolute atomic E-state index is 12.1. The van der Waals surface area contributed by atoms with Gasteiger partial charge in [0.2, 0.25) is 10.0 Å². The van der Waals surface area contributed by atoms with Crippen LogP contribution in [0.2, 0.25) is 5.02 Å². The smallest absolute Gasteiger partial charge is 0.240 e. The first-order chi connectivity index (χ1) is 8.99. The van der Waals surface area contributed by atoms with Crippen molar-refractivity contribution < 1.29 is 8.42 Å². The van der Waals surface area contributed by atoms with Crippen molar-refractivity contribution in [2.75, 3.05) is 19.6 Å². The molecule has 0 amide bonds. The SMILES string of the molecule is O=S(=O)(NCCC1CCNC1)c1ccc(Br)c(Cl)c1. The molecular formula is C12H16BrClN2O2S. The van der Waals surface area contributed by atoms with Gasteiger partial charge in [-0.1, -0.05) is 11.6 Å². The van der Waals surface area contributed by atoms with Crippen molar-refractivity contribution in [3.8, 4) is 0 Å². The van der Waals surface area contributed by atoms with Crippen molar-refractivity contribution in [2.24, 2.45) is 5.92 Å². The van der Waals surface area contributed by atoms with E-state index in [2.05, 4.69) is 26.0 Å². The second-order valence-electron chi connectivity index (χ2n) is 4.62. The third-order valence-corrected chi connectivity index (χ3v) is 5.90. The van der Waals surface area contributed by atoms with Crippen molar-refractivity contribution in [1.82, 2.24) is 10.0 Å². The Labute approximate surface area is 127 Å². The van der Waals surface area contributed by atoms with Crippen molar-refractivity contribution in [3.05, 3.63) is 27.7 Å². The van der Waals surface area contributed by atoms with Gasteiger partial charge in [0.15, 0.2) is 0 Å². The summed E-state index contributed by atoms with van der Waals surface area (Å²) >= 11 is 9.15. The van der Waals surface area contributed by atoms with E-state index in [-0.39, 0.29) is 4.90 Å². The molecule has 4 nitrogen and oxygen atoms in total. The average Bonchev–Trinajstić information content (AvgIpc) is 2.85. The Morgan fingerprint density at radius 1 is 1.47 bits per heavy atom. The quantitative estimate of drug-likeness (QED) is 0.840. The molecule has 106 valence electrons. The Hall–Kier alpha value is -0.140. The molecule has 1 aliphatic rings. The number of hydrogen-bond donors (Lipinski definition) is 2. The normalized spacial score (nSPS) is 19.8. The van der Waals surface area contributed by atoms with Gasteiger partial charge in [0.1, 0.15) is 0 Å². The molecule has 19 heavy (non-hydrogen) atoms. The lowest BCUT2D eigenvalue weighted by molar-refractivity contribution is 0.519. The Kier molecular flexibility index (Phi) is 5.25. The summed E-state index contributed by atoms with van der Waals surface area (Å²) in [6, 6.07) is 4.62. The highest BCUT2D eigenvalue weighted by Gasteiger charge is 2.18. The molecule has 7 heteroatoms. The Balaban J connectivity index is 1.95. The number of benzene rings is 1. The Morgan fingerprint density at radius 2 is 2.26 bits per heavy atom. The van der Waals surface area contributed by atoms with Gasteiger partial charge >= 0.3 is 0 Å². The summed E-state index contributed by atoms with van der Waals surface area (Å²) in [5, 5.41) is 3.66. The van der Waals surface area contributed by atoms with Gasteiger partial charge in [0.25, 0.3) is 0 Å². The van der Waals surface area contributed by atoms with Crippen LogP contribution in [0.5, 0.6) is 0 Å². The molecule has 0 aromatic heterocycles. The molecule has 0 radical (unpaired) electrons. The highest BCUT2D eigenvalue weighted by atomic mass is 79.9. The van der Waals surface area contributed by atoms with Crippen molar-refractivity contribution in [2.45, 2.75) is 17.7 Å². The van der Waals surface area contributed by atoms with Gasteiger partial charge in [-0.3, -0.25) is 0 Å². The van der Waals surface area contributed by atoms with E-state index in [0.717, 1.165) is 25.9 Å². The second-order valence-corrected chi connectivity index (χ2v) is 7.65. The molecule has 0 saturated carbocycles. The third kappa shape index (κ3) is 4.16. The van der Waals surface area contributed by atoms with Gasteiger partial charge in [0, 0.05) is 11.0 Å². The molecule has 1 aromatic rings. The molecule has 2 N–H and O–H groups in total. The zero-order valence-electron chi connectivity index (χ0n) is 10.3. The number of rotatable bonds is 5. The number of nitrogens with one attached hydrogen (secondary N) is 2. The number of halogens is 2. The third-order valence-electron chi connectivity index (χ3n) is 3.21. The first-order valence-corrected chi connectivity index (χ1v) is 8.80. The molecule has 0 bridgehead atoms. The first-order valence-electron chi connectivity index (χ1n) is 6.14. The maximum atomic E-state index is 12.1. The molecule has 1 saturated heterocycles.